The summed E-state index contributed by atoms with van der Waals surface area (Å²) in [4.78, 5) is 11.3. The van der Waals surface area contributed by atoms with Crippen molar-refractivity contribution in [2.75, 3.05) is 30.3 Å². The van der Waals surface area contributed by atoms with E-state index in [-0.39, 0.29) is 0 Å². The van der Waals surface area contributed by atoms with E-state index in [4.69, 9.17) is 5.73 Å². The fourth-order valence-electron chi connectivity index (χ4n) is 3.46. The van der Waals surface area contributed by atoms with Crippen LogP contribution in [0.4, 0.5) is 11.8 Å². The molecule has 0 aromatic carbocycles. The van der Waals surface area contributed by atoms with E-state index < -0.39 is 0 Å². The summed E-state index contributed by atoms with van der Waals surface area (Å²) in [5, 5.41) is 3.48. The quantitative estimate of drug-likeness (QED) is 0.786. The monoisotopic (exact) mass is 257 g/mol. The first-order chi connectivity index (χ1) is 9.31. The first-order valence-electron chi connectivity index (χ1n) is 7.16. The molecule has 3 N–H and O–H groups in total. The molecule has 2 aliphatic heterocycles. The van der Waals surface area contributed by atoms with Crippen molar-refractivity contribution >= 4 is 11.8 Å². The van der Waals surface area contributed by atoms with E-state index in [2.05, 4.69) is 20.2 Å². The molecule has 0 radical (unpaired) electrons. The summed E-state index contributed by atoms with van der Waals surface area (Å²) >= 11 is 0. The zero-order valence-corrected chi connectivity index (χ0v) is 11.1. The van der Waals surface area contributed by atoms with E-state index in [1.54, 1.807) is 5.57 Å². The number of nitrogens with one attached hydrogen (secondary N) is 1. The van der Waals surface area contributed by atoms with Crippen molar-refractivity contribution in [3.05, 3.63) is 22.5 Å². The topological polar surface area (TPSA) is 67.1 Å². The second-order valence-corrected chi connectivity index (χ2v) is 5.65. The first kappa shape index (κ1) is 11.1. The van der Waals surface area contributed by atoms with Gasteiger partial charge in [0.2, 0.25) is 5.95 Å². The van der Waals surface area contributed by atoms with Gasteiger partial charge in [-0.3, -0.25) is 0 Å². The Labute approximate surface area is 112 Å². The van der Waals surface area contributed by atoms with Crippen molar-refractivity contribution in [3.8, 4) is 0 Å². The minimum absolute atomic E-state index is 0.427. The van der Waals surface area contributed by atoms with Crippen molar-refractivity contribution in [3.63, 3.8) is 0 Å². The fraction of sp³-hybridized carbons (Fsp3) is 0.571. The maximum Gasteiger partial charge on any atom is 0.222 e. The molecular weight excluding hydrogens is 238 g/mol. The van der Waals surface area contributed by atoms with Gasteiger partial charge in [0.25, 0.3) is 0 Å². The number of nitrogens with two attached hydrogens (primary N) is 1. The molecule has 0 saturated carbocycles. The maximum atomic E-state index is 5.89. The number of fused-ring (bicyclic) bond motifs is 1. The van der Waals surface area contributed by atoms with E-state index in [0.29, 0.717) is 5.95 Å². The Balaban J connectivity index is 1.70. The Bertz CT molecular complexity index is 547. The summed E-state index contributed by atoms with van der Waals surface area (Å²) in [5.41, 5.74) is 11.3. The third-order valence-electron chi connectivity index (χ3n) is 4.40. The molecule has 19 heavy (non-hydrogen) atoms. The molecule has 5 nitrogen and oxygen atoms in total. The minimum atomic E-state index is 0.427. The van der Waals surface area contributed by atoms with Crippen LogP contribution in [0.3, 0.4) is 0 Å². The summed E-state index contributed by atoms with van der Waals surface area (Å²) < 4.78 is 0. The van der Waals surface area contributed by atoms with Crippen molar-refractivity contribution in [2.45, 2.75) is 32.1 Å². The number of anilines is 2. The van der Waals surface area contributed by atoms with Gasteiger partial charge in [0, 0.05) is 24.4 Å². The standard InChI is InChI=1S/C14H19N5/c15-14-17-11-4-2-1-3-10(11)13(18-14)19-7-9-5-6-16-12(9)8-19/h16H,1-8H2,(H2,15,17,18). The van der Waals surface area contributed by atoms with Crippen LogP contribution in [-0.2, 0) is 12.8 Å². The average Bonchev–Trinajstić information content (AvgIpc) is 2.98. The van der Waals surface area contributed by atoms with Crippen molar-refractivity contribution in [1.29, 1.82) is 0 Å². The number of aromatic nitrogens is 2. The zero-order valence-electron chi connectivity index (χ0n) is 11.1. The number of nitrogen functional groups attached to an aromatic ring is 1. The van der Waals surface area contributed by atoms with Gasteiger partial charge >= 0.3 is 0 Å². The Morgan fingerprint density at radius 1 is 1.05 bits per heavy atom. The molecule has 0 saturated heterocycles. The molecule has 0 spiro atoms. The normalized spacial score (nSPS) is 21.4. The van der Waals surface area contributed by atoms with Gasteiger partial charge in [-0.1, -0.05) is 0 Å². The zero-order chi connectivity index (χ0) is 12.8. The molecule has 4 rings (SSSR count). The van der Waals surface area contributed by atoms with E-state index in [1.807, 2.05) is 0 Å². The first-order valence-corrected chi connectivity index (χ1v) is 7.16. The summed E-state index contributed by atoms with van der Waals surface area (Å²) in [7, 11) is 0. The Kier molecular flexibility index (Phi) is 2.40. The van der Waals surface area contributed by atoms with E-state index >= 15 is 0 Å². The predicted molar refractivity (Wildman–Crippen MR) is 74.9 cm³/mol. The lowest BCUT2D eigenvalue weighted by Crippen LogP contribution is -2.29. The SMILES string of the molecule is Nc1nc2c(c(N3CC4=C(C3)NCC4)n1)CCCC2. The second kappa shape index (κ2) is 4.11. The highest BCUT2D eigenvalue weighted by Gasteiger charge is 2.29. The Morgan fingerprint density at radius 2 is 1.95 bits per heavy atom. The van der Waals surface area contributed by atoms with Crippen LogP contribution in [0, 0.1) is 0 Å². The molecule has 1 aliphatic carbocycles. The minimum Gasteiger partial charge on any atom is -0.387 e. The summed E-state index contributed by atoms with van der Waals surface area (Å²) in [6, 6.07) is 0. The van der Waals surface area contributed by atoms with Crippen molar-refractivity contribution in [2.24, 2.45) is 0 Å². The van der Waals surface area contributed by atoms with Crippen LogP contribution in [0.2, 0.25) is 0 Å². The lowest BCUT2D eigenvalue weighted by Gasteiger charge is -2.25. The third kappa shape index (κ3) is 1.76. The van der Waals surface area contributed by atoms with Crippen LogP contribution in [0.5, 0.6) is 0 Å². The maximum absolute atomic E-state index is 5.89. The van der Waals surface area contributed by atoms with Gasteiger partial charge in [-0.2, -0.15) is 4.98 Å². The van der Waals surface area contributed by atoms with Crippen LogP contribution < -0.4 is 16.0 Å². The fourth-order valence-corrected chi connectivity index (χ4v) is 3.46. The number of hydrogen-bond acceptors (Lipinski definition) is 5. The molecule has 0 fully saturated rings. The van der Waals surface area contributed by atoms with Crippen LogP contribution in [0.25, 0.3) is 0 Å². The summed E-state index contributed by atoms with van der Waals surface area (Å²) in [6.07, 6.45) is 5.79. The van der Waals surface area contributed by atoms with E-state index in [0.717, 1.165) is 38.3 Å². The van der Waals surface area contributed by atoms with Gasteiger partial charge in [0.1, 0.15) is 5.82 Å². The molecular formula is C14H19N5. The van der Waals surface area contributed by atoms with Crippen LogP contribution in [0.1, 0.15) is 30.5 Å². The molecule has 1 aromatic heterocycles. The number of aryl methyl sites for hydroxylation is 1. The molecule has 3 aliphatic rings. The van der Waals surface area contributed by atoms with Crippen molar-refractivity contribution in [1.82, 2.24) is 15.3 Å². The van der Waals surface area contributed by atoms with Gasteiger partial charge in [-0.05, 0) is 37.7 Å². The number of hydrogen-bond donors (Lipinski definition) is 2. The summed E-state index contributed by atoms with van der Waals surface area (Å²) in [5.74, 6) is 1.51. The van der Waals surface area contributed by atoms with Gasteiger partial charge in [0.05, 0.1) is 12.2 Å². The molecule has 1 aromatic rings. The lowest BCUT2D eigenvalue weighted by atomic mass is 9.96. The van der Waals surface area contributed by atoms with Gasteiger partial charge < -0.3 is 16.0 Å². The van der Waals surface area contributed by atoms with Crippen LogP contribution >= 0.6 is 0 Å². The smallest absolute Gasteiger partial charge is 0.222 e. The molecule has 3 heterocycles. The summed E-state index contributed by atoms with van der Waals surface area (Å²) in [6.45, 7) is 3.06. The molecule has 0 amide bonds. The second-order valence-electron chi connectivity index (χ2n) is 5.65. The molecule has 100 valence electrons. The molecule has 0 unspecified atom stereocenters. The van der Waals surface area contributed by atoms with Crippen LogP contribution in [0.15, 0.2) is 11.3 Å². The Hall–Kier alpha value is -1.78. The lowest BCUT2D eigenvalue weighted by molar-refractivity contribution is 0.659. The molecule has 5 heteroatoms. The number of rotatable bonds is 1. The van der Waals surface area contributed by atoms with Crippen LogP contribution in [-0.4, -0.2) is 29.6 Å². The van der Waals surface area contributed by atoms with E-state index in [9.17, 15) is 0 Å². The highest BCUT2D eigenvalue weighted by Crippen LogP contribution is 2.33. The highest BCUT2D eigenvalue weighted by atomic mass is 15.2. The highest BCUT2D eigenvalue weighted by molar-refractivity contribution is 5.57. The van der Waals surface area contributed by atoms with Crippen molar-refractivity contribution < 1.29 is 0 Å². The largest absolute Gasteiger partial charge is 0.387 e. The predicted octanol–water partition coefficient (Wildman–Crippen LogP) is 1.00. The average molecular weight is 257 g/mol. The van der Waals surface area contributed by atoms with Gasteiger partial charge in [0.15, 0.2) is 0 Å². The Morgan fingerprint density at radius 3 is 2.84 bits per heavy atom. The third-order valence-corrected chi connectivity index (χ3v) is 4.40. The van der Waals surface area contributed by atoms with Gasteiger partial charge in [-0.15, -0.1) is 0 Å². The number of nitrogens with zero attached hydrogens (tertiary/aromatic N) is 3. The van der Waals surface area contributed by atoms with Gasteiger partial charge in [-0.25, -0.2) is 4.98 Å². The molecule has 0 atom stereocenters. The van der Waals surface area contributed by atoms with E-state index in [1.165, 1.54) is 36.2 Å². The molecule has 0 bridgehead atoms.